The van der Waals surface area contributed by atoms with Crippen molar-refractivity contribution in [1.29, 1.82) is 0 Å². The van der Waals surface area contributed by atoms with Crippen molar-refractivity contribution in [3.05, 3.63) is 51.2 Å². The van der Waals surface area contributed by atoms with Crippen LogP contribution in [0.5, 0.6) is 5.75 Å². The van der Waals surface area contributed by atoms with E-state index in [0.717, 1.165) is 41.2 Å². The molecule has 2 nitrogen and oxygen atoms in total. The summed E-state index contributed by atoms with van der Waals surface area (Å²) in [6.07, 6.45) is 1.89. The number of carbonyl (C=O) groups excluding carboxylic acids is 1. The minimum Gasteiger partial charge on any atom is -0.493 e. The average Bonchev–Trinajstić information content (AvgIpc) is 3.05. The summed E-state index contributed by atoms with van der Waals surface area (Å²) in [4.78, 5) is 14.4. The Bertz CT molecular complexity index is 598. The minimum atomic E-state index is 0.120. The lowest BCUT2D eigenvalue weighted by Crippen LogP contribution is -1.98. The molecule has 3 rings (SSSR count). The lowest BCUT2D eigenvalue weighted by molar-refractivity contribution is 0.104. The van der Waals surface area contributed by atoms with Crippen LogP contribution >= 0.6 is 11.3 Å². The van der Waals surface area contributed by atoms with Gasteiger partial charge in [0.25, 0.3) is 0 Å². The van der Waals surface area contributed by atoms with Crippen molar-refractivity contribution in [3.63, 3.8) is 0 Å². The van der Waals surface area contributed by atoms with Gasteiger partial charge < -0.3 is 4.74 Å². The lowest BCUT2D eigenvalue weighted by Gasteiger charge is -2.02. The van der Waals surface area contributed by atoms with Crippen LogP contribution in [0.15, 0.2) is 30.3 Å². The van der Waals surface area contributed by atoms with E-state index in [2.05, 4.69) is 6.92 Å². The Morgan fingerprint density at radius 2 is 2.22 bits per heavy atom. The molecule has 0 atom stereocenters. The molecule has 2 heterocycles. The van der Waals surface area contributed by atoms with Crippen LogP contribution in [-0.4, -0.2) is 12.4 Å². The molecule has 18 heavy (non-hydrogen) atoms. The zero-order chi connectivity index (χ0) is 12.5. The molecule has 0 saturated heterocycles. The molecule has 0 saturated carbocycles. The molecule has 0 spiro atoms. The van der Waals surface area contributed by atoms with Crippen LogP contribution in [0.3, 0.4) is 0 Å². The number of carbonyl (C=O) groups is 1. The number of rotatable bonds is 3. The summed E-state index contributed by atoms with van der Waals surface area (Å²) in [7, 11) is 0. The van der Waals surface area contributed by atoms with Crippen LogP contribution in [0.2, 0.25) is 0 Å². The molecule has 0 bridgehead atoms. The third-order valence-electron chi connectivity index (χ3n) is 3.19. The van der Waals surface area contributed by atoms with E-state index in [4.69, 9.17) is 4.74 Å². The van der Waals surface area contributed by atoms with Gasteiger partial charge in [0.05, 0.1) is 11.5 Å². The molecule has 0 fully saturated rings. The predicted molar refractivity (Wildman–Crippen MR) is 72.8 cm³/mol. The fourth-order valence-electron chi connectivity index (χ4n) is 2.16. The van der Waals surface area contributed by atoms with Gasteiger partial charge in [-0.15, -0.1) is 11.3 Å². The van der Waals surface area contributed by atoms with E-state index in [9.17, 15) is 4.79 Å². The molecule has 1 aromatic heterocycles. The van der Waals surface area contributed by atoms with Crippen LogP contribution in [0.1, 0.15) is 32.6 Å². The van der Waals surface area contributed by atoms with Gasteiger partial charge in [0.2, 0.25) is 5.78 Å². The fourth-order valence-corrected chi connectivity index (χ4v) is 3.07. The van der Waals surface area contributed by atoms with Gasteiger partial charge in [-0.2, -0.15) is 0 Å². The van der Waals surface area contributed by atoms with Gasteiger partial charge >= 0.3 is 0 Å². The van der Waals surface area contributed by atoms with E-state index in [1.165, 1.54) is 4.88 Å². The smallest absolute Gasteiger partial charge is 0.202 e. The number of hydrogen-bond acceptors (Lipinski definition) is 3. The summed E-state index contributed by atoms with van der Waals surface area (Å²) >= 11 is 1.59. The van der Waals surface area contributed by atoms with Crippen molar-refractivity contribution >= 4 is 17.1 Å². The third-order valence-corrected chi connectivity index (χ3v) is 4.41. The quantitative estimate of drug-likeness (QED) is 0.788. The summed E-state index contributed by atoms with van der Waals surface area (Å²) in [6, 6.07) is 9.70. The summed E-state index contributed by atoms with van der Waals surface area (Å²) in [6.45, 7) is 2.83. The highest BCUT2D eigenvalue weighted by Gasteiger charge is 2.17. The topological polar surface area (TPSA) is 26.3 Å². The van der Waals surface area contributed by atoms with E-state index in [1.807, 2.05) is 30.3 Å². The Balaban J connectivity index is 1.92. The van der Waals surface area contributed by atoms with Crippen LogP contribution in [-0.2, 0) is 12.8 Å². The molecule has 1 aliphatic rings. The number of ether oxygens (including phenoxy) is 1. The highest BCUT2D eigenvalue weighted by Crippen LogP contribution is 2.28. The summed E-state index contributed by atoms with van der Waals surface area (Å²) in [5.74, 6) is 1.04. The van der Waals surface area contributed by atoms with Crippen LogP contribution < -0.4 is 4.74 Å². The van der Waals surface area contributed by atoms with Crippen molar-refractivity contribution in [2.75, 3.05) is 6.61 Å². The molecule has 0 radical (unpaired) electrons. The standard InChI is InChI=1S/C15H14O2S/c1-2-12-4-6-14(18-12)15(16)11-3-5-13-10(9-11)7-8-17-13/h3-6,9H,2,7-8H2,1H3. The van der Waals surface area contributed by atoms with Crippen molar-refractivity contribution in [3.8, 4) is 5.75 Å². The molecule has 2 aromatic rings. The first-order valence-electron chi connectivity index (χ1n) is 6.17. The Morgan fingerprint density at radius 1 is 1.33 bits per heavy atom. The fraction of sp³-hybridized carbons (Fsp3) is 0.267. The Kier molecular flexibility index (Phi) is 2.92. The van der Waals surface area contributed by atoms with Crippen LogP contribution in [0.25, 0.3) is 0 Å². The van der Waals surface area contributed by atoms with E-state index in [1.54, 1.807) is 11.3 Å². The summed E-state index contributed by atoms with van der Waals surface area (Å²) in [5, 5.41) is 0. The number of benzene rings is 1. The van der Waals surface area contributed by atoms with Crippen LogP contribution in [0.4, 0.5) is 0 Å². The van der Waals surface area contributed by atoms with Crippen molar-refractivity contribution in [1.82, 2.24) is 0 Å². The van der Waals surface area contributed by atoms with Gasteiger partial charge in [-0.05, 0) is 42.3 Å². The first-order chi connectivity index (χ1) is 8.78. The maximum absolute atomic E-state index is 12.3. The van der Waals surface area contributed by atoms with Crippen molar-refractivity contribution in [2.24, 2.45) is 0 Å². The third kappa shape index (κ3) is 1.95. The van der Waals surface area contributed by atoms with Crippen molar-refractivity contribution in [2.45, 2.75) is 19.8 Å². The second kappa shape index (κ2) is 4.58. The SMILES string of the molecule is CCc1ccc(C(=O)c2ccc3c(c2)CCO3)s1. The summed E-state index contributed by atoms with van der Waals surface area (Å²) < 4.78 is 5.45. The second-order valence-corrected chi connectivity index (χ2v) is 5.54. The number of fused-ring (bicyclic) bond motifs is 1. The molecule has 0 N–H and O–H groups in total. The highest BCUT2D eigenvalue weighted by atomic mass is 32.1. The van der Waals surface area contributed by atoms with E-state index in [0.29, 0.717) is 0 Å². The largest absolute Gasteiger partial charge is 0.493 e. The van der Waals surface area contributed by atoms with Gasteiger partial charge in [0.15, 0.2) is 0 Å². The van der Waals surface area contributed by atoms with Crippen LogP contribution in [0, 0.1) is 0 Å². The Labute approximate surface area is 110 Å². The molecule has 92 valence electrons. The van der Waals surface area contributed by atoms with E-state index >= 15 is 0 Å². The predicted octanol–water partition coefficient (Wildman–Crippen LogP) is 3.48. The first-order valence-corrected chi connectivity index (χ1v) is 6.98. The minimum absolute atomic E-state index is 0.120. The first kappa shape index (κ1) is 11.5. The van der Waals surface area contributed by atoms with Gasteiger partial charge in [-0.1, -0.05) is 6.92 Å². The van der Waals surface area contributed by atoms with Gasteiger partial charge in [0.1, 0.15) is 5.75 Å². The van der Waals surface area contributed by atoms with Gasteiger partial charge in [-0.25, -0.2) is 0 Å². The Hall–Kier alpha value is -1.61. The average molecular weight is 258 g/mol. The second-order valence-electron chi connectivity index (χ2n) is 4.37. The molecule has 3 heteroatoms. The molecule has 1 aromatic carbocycles. The van der Waals surface area contributed by atoms with Gasteiger partial charge in [0, 0.05) is 16.9 Å². The Morgan fingerprint density at radius 3 is 3.00 bits per heavy atom. The number of hydrogen-bond donors (Lipinski definition) is 0. The monoisotopic (exact) mass is 258 g/mol. The molecule has 0 amide bonds. The zero-order valence-electron chi connectivity index (χ0n) is 10.2. The maximum atomic E-state index is 12.3. The molecule has 0 unspecified atom stereocenters. The summed E-state index contributed by atoms with van der Waals surface area (Å²) in [5.41, 5.74) is 1.91. The van der Waals surface area contributed by atoms with Crippen molar-refractivity contribution < 1.29 is 9.53 Å². The van der Waals surface area contributed by atoms with E-state index in [-0.39, 0.29) is 5.78 Å². The maximum Gasteiger partial charge on any atom is 0.202 e. The zero-order valence-corrected chi connectivity index (χ0v) is 11.0. The van der Waals surface area contributed by atoms with Gasteiger partial charge in [-0.3, -0.25) is 4.79 Å². The normalized spacial score (nSPS) is 13.2. The molecular weight excluding hydrogens is 244 g/mol. The molecular formula is C15H14O2S. The lowest BCUT2D eigenvalue weighted by atomic mass is 10.0. The number of thiophene rings is 1. The molecule has 1 aliphatic heterocycles. The molecule has 0 aliphatic carbocycles. The van der Waals surface area contributed by atoms with E-state index < -0.39 is 0 Å². The number of ketones is 1. The highest BCUT2D eigenvalue weighted by molar-refractivity contribution is 7.14. The number of aryl methyl sites for hydroxylation is 1.